The van der Waals surface area contributed by atoms with Crippen LogP contribution in [0.4, 0.5) is 20.3 Å². The number of aromatic nitrogens is 2. The lowest BCUT2D eigenvalue weighted by molar-refractivity contribution is -0.115. The molecule has 3 N–H and O–H groups in total. The lowest BCUT2D eigenvalue weighted by Crippen LogP contribution is -2.23. The number of benzene rings is 1. The summed E-state index contributed by atoms with van der Waals surface area (Å²) in [6.07, 6.45) is 0. The predicted octanol–water partition coefficient (Wildman–Crippen LogP) is 3.09. The van der Waals surface area contributed by atoms with Gasteiger partial charge in [0.1, 0.15) is 11.6 Å². The molecule has 0 radical (unpaired) electrons. The molecule has 0 fully saturated rings. The molecule has 128 valence electrons. The lowest BCUT2D eigenvalue weighted by atomic mass is 10.3. The Kier molecular flexibility index (Phi) is 5.91. The van der Waals surface area contributed by atoms with Crippen LogP contribution in [0, 0.1) is 6.92 Å². The van der Waals surface area contributed by atoms with Gasteiger partial charge in [0.25, 0.3) is 0 Å². The molecular weight excluding hydrogens is 338 g/mol. The number of hydrogen-bond acceptors (Lipinski definition) is 6. The fourth-order valence-corrected chi connectivity index (χ4v) is 2.67. The molecule has 6 nitrogen and oxygen atoms in total. The van der Waals surface area contributed by atoms with E-state index >= 15 is 0 Å². The fourth-order valence-electron chi connectivity index (χ4n) is 1.83. The molecule has 24 heavy (non-hydrogen) atoms. The number of amides is 1. The molecule has 2 aromatic rings. The zero-order valence-electron chi connectivity index (χ0n) is 13.0. The summed E-state index contributed by atoms with van der Waals surface area (Å²) in [6.45, 7) is 0.446. The molecule has 0 saturated heterocycles. The van der Waals surface area contributed by atoms with Gasteiger partial charge < -0.3 is 15.8 Å². The summed E-state index contributed by atoms with van der Waals surface area (Å²) >= 11 is 1.12. The van der Waals surface area contributed by atoms with Crippen LogP contribution in [0.25, 0.3) is 0 Å². The number of carbonyl (C=O) groups excluding carboxylic acids is 1. The Morgan fingerprint density at radius 2 is 2.04 bits per heavy atom. The van der Waals surface area contributed by atoms with E-state index in [-0.39, 0.29) is 11.4 Å². The first-order valence-corrected chi connectivity index (χ1v) is 7.85. The van der Waals surface area contributed by atoms with E-state index in [1.165, 1.54) is 18.2 Å². The molecule has 0 aliphatic carbocycles. The summed E-state index contributed by atoms with van der Waals surface area (Å²) < 4.78 is 29.2. The largest absolute Gasteiger partial charge is 0.433 e. The number of nitrogens with zero attached hydrogens (tertiary/aromatic N) is 2. The Bertz CT molecular complexity index is 710. The van der Waals surface area contributed by atoms with Gasteiger partial charge in [-0.15, -0.1) is 0 Å². The van der Waals surface area contributed by atoms with Crippen LogP contribution in [0.1, 0.15) is 12.6 Å². The van der Waals surface area contributed by atoms with Crippen molar-refractivity contribution in [3.63, 3.8) is 0 Å². The molecule has 9 heteroatoms. The Hall–Kier alpha value is -2.42. The minimum Gasteiger partial charge on any atom is -0.433 e. The smallest absolute Gasteiger partial charge is 0.387 e. The maximum Gasteiger partial charge on any atom is 0.387 e. The molecule has 0 aliphatic rings. The molecule has 1 aromatic carbocycles. The summed E-state index contributed by atoms with van der Waals surface area (Å²) in [5.74, 6) is -0.184. The minimum atomic E-state index is -2.97. The van der Waals surface area contributed by atoms with Gasteiger partial charge >= 0.3 is 6.61 Å². The topological polar surface area (TPSA) is 90.1 Å². The van der Waals surface area contributed by atoms with E-state index in [0.29, 0.717) is 16.7 Å². The zero-order chi connectivity index (χ0) is 17.7. The summed E-state index contributed by atoms with van der Waals surface area (Å²) in [5, 5.41) is 2.36. The van der Waals surface area contributed by atoms with Crippen molar-refractivity contribution in [1.29, 1.82) is 0 Å². The van der Waals surface area contributed by atoms with E-state index in [2.05, 4.69) is 20.0 Å². The van der Waals surface area contributed by atoms with Crippen LogP contribution < -0.4 is 15.8 Å². The Labute approximate surface area is 141 Å². The van der Waals surface area contributed by atoms with E-state index in [1.807, 2.05) is 0 Å². The molecule has 2 rings (SSSR count). The molecule has 0 bridgehead atoms. The number of ether oxygens (including phenoxy) is 1. The van der Waals surface area contributed by atoms with Crippen LogP contribution in [-0.2, 0) is 4.79 Å². The molecule has 1 aromatic heterocycles. The van der Waals surface area contributed by atoms with Gasteiger partial charge in [0.05, 0.1) is 10.9 Å². The van der Waals surface area contributed by atoms with Crippen molar-refractivity contribution in [2.75, 3.05) is 11.1 Å². The van der Waals surface area contributed by atoms with Crippen molar-refractivity contribution in [2.45, 2.75) is 30.9 Å². The summed E-state index contributed by atoms with van der Waals surface area (Å²) in [5.41, 5.74) is 6.50. The van der Waals surface area contributed by atoms with Gasteiger partial charge in [-0.2, -0.15) is 8.78 Å². The molecule has 0 saturated carbocycles. The third kappa shape index (κ3) is 5.05. The van der Waals surface area contributed by atoms with Gasteiger partial charge in [-0.25, -0.2) is 9.97 Å². The van der Waals surface area contributed by atoms with Crippen molar-refractivity contribution in [3.8, 4) is 5.75 Å². The zero-order valence-corrected chi connectivity index (χ0v) is 13.8. The summed E-state index contributed by atoms with van der Waals surface area (Å²) in [6, 6.07) is 7.59. The van der Waals surface area contributed by atoms with Gasteiger partial charge in [0.15, 0.2) is 5.16 Å². The Morgan fingerprint density at radius 1 is 1.33 bits per heavy atom. The molecule has 1 heterocycles. The van der Waals surface area contributed by atoms with E-state index in [0.717, 1.165) is 11.8 Å². The molecule has 1 unspecified atom stereocenters. The number of hydrogen-bond donors (Lipinski definition) is 2. The number of rotatable bonds is 6. The molecule has 1 amide bonds. The number of nitrogens with two attached hydrogens (primary N) is 1. The molecule has 0 spiro atoms. The predicted molar refractivity (Wildman–Crippen MR) is 88.2 cm³/mol. The average Bonchev–Trinajstić information content (AvgIpc) is 2.47. The second-order valence-corrected chi connectivity index (χ2v) is 6.15. The number of carbonyl (C=O) groups is 1. The quantitative estimate of drug-likeness (QED) is 0.612. The number of nitrogen functional groups attached to an aromatic ring is 1. The van der Waals surface area contributed by atoms with Crippen LogP contribution >= 0.6 is 11.8 Å². The number of halogens is 2. The standard InChI is InChI=1S/C15H16F2N4O2S/c1-8-7-12(18)21-15(19-8)24-9(2)13(22)20-10-5-3-4-6-11(10)23-14(16)17/h3-7,9,14H,1-2H3,(H,20,22)(H2,18,19,21). The van der Waals surface area contributed by atoms with E-state index in [4.69, 9.17) is 5.73 Å². The SMILES string of the molecule is Cc1cc(N)nc(SC(C)C(=O)Nc2ccccc2OC(F)F)n1. The van der Waals surface area contributed by atoms with Gasteiger partial charge in [0.2, 0.25) is 5.91 Å². The summed E-state index contributed by atoms with van der Waals surface area (Å²) in [4.78, 5) is 20.5. The third-order valence-electron chi connectivity index (χ3n) is 2.87. The fraction of sp³-hybridized carbons (Fsp3) is 0.267. The monoisotopic (exact) mass is 354 g/mol. The summed E-state index contributed by atoms with van der Waals surface area (Å²) in [7, 11) is 0. The third-order valence-corrected chi connectivity index (χ3v) is 3.83. The molecule has 0 aliphatic heterocycles. The number of thioether (sulfide) groups is 1. The normalized spacial score (nSPS) is 12.0. The highest BCUT2D eigenvalue weighted by Gasteiger charge is 2.19. The number of nitrogens with one attached hydrogen (secondary N) is 1. The first-order valence-electron chi connectivity index (χ1n) is 6.97. The number of alkyl halides is 2. The Morgan fingerprint density at radius 3 is 2.71 bits per heavy atom. The number of aryl methyl sites for hydroxylation is 1. The van der Waals surface area contributed by atoms with E-state index in [1.54, 1.807) is 26.0 Å². The van der Waals surface area contributed by atoms with Gasteiger partial charge in [-0.05, 0) is 26.0 Å². The molecular formula is C15H16F2N4O2S. The molecule has 1 atom stereocenters. The van der Waals surface area contributed by atoms with Crippen molar-refractivity contribution in [1.82, 2.24) is 9.97 Å². The lowest BCUT2D eigenvalue weighted by Gasteiger charge is -2.14. The maximum atomic E-state index is 12.4. The van der Waals surface area contributed by atoms with Crippen LogP contribution in [0.15, 0.2) is 35.5 Å². The van der Waals surface area contributed by atoms with Crippen LogP contribution in [0.3, 0.4) is 0 Å². The number of anilines is 2. The second kappa shape index (κ2) is 7.91. The average molecular weight is 354 g/mol. The minimum absolute atomic E-state index is 0.103. The van der Waals surface area contributed by atoms with Crippen LogP contribution in [0.5, 0.6) is 5.75 Å². The van der Waals surface area contributed by atoms with Crippen LogP contribution in [0.2, 0.25) is 0 Å². The number of para-hydroxylation sites is 2. The van der Waals surface area contributed by atoms with Gasteiger partial charge in [-0.3, -0.25) is 4.79 Å². The van der Waals surface area contributed by atoms with Crippen LogP contribution in [-0.4, -0.2) is 27.7 Å². The highest BCUT2D eigenvalue weighted by molar-refractivity contribution is 8.00. The first-order chi connectivity index (χ1) is 11.3. The van der Waals surface area contributed by atoms with Crippen molar-refractivity contribution < 1.29 is 18.3 Å². The first kappa shape index (κ1) is 17.9. The van der Waals surface area contributed by atoms with E-state index in [9.17, 15) is 13.6 Å². The van der Waals surface area contributed by atoms with Crippen molar-refractivity contribution in [2.24, 2.45) is 0 Å². The van der Waals surface area contributed by atoms with Crippen molar-refractivity contribution in [3.05, 3.63) is 36.0 Å². The van der Waals surface area contributed by atoms with Gasteiger partial charge in [-0.1, -0.05) is 23.9 Å². The Balaban J connectivity index is 2.06. The van der Waals surface area contributed by atoms with Gasteiger partial charge in [0, 0.05) is 11.8 Å². The highest BCUT2D eigenvalue weighted by atomic mass is 32.2. The maximum absolute atomic E-state index is 12.4. The van der Waals surface area contributed by atoms with E-state index < -0.39 is 17.8 Å². The van der Waals surface area contributed by atoms with Crippen molar-refractivity contribution >= 4 is 29.2 Å². The highest BCUT2D eigenvalue weighted by Crippen LogP contribution is 2.27. The second-order valence-electron chi connectivity index (χ2n) is 4.84.